The maximum atomic E-state index is 15.4. The van der Waals surface area contributed by atoms with Crippen LogP contribution in [0.15, 0.2) is 29.3 Å². The van der Waals surface area contributed by atoms with E-state index in [9.17, 15) is 10.1 Å². The van der Waals surface area contributed by atoms with E-state index in [1.165, 1.54) is 7.11 Å². The Hall–Kier alpha value is -2.20. The molecule has 1 aliphatic carbocycles. The molecular weight excluding hydrogens is 437 g/mol. The Kier molecular flexibility index (Phi) is 6.68. The van der Waals surface area contributed by atoms with E-state index < -0.39 is 25.6 Å². The molecule has 1 saturated heterocycles. The smallest absolute Gasteiger partial charge is 0.333 e. The van der Waals surface area contributed by atoms with Crippen molar-refractivity contribution < 1.29 is 14.1 Å². The predicted octanol–water partition coefficient (Wildman–Crippen LogP) is 4.34. The minimum Gasteiger partial charge on any atom is -0.467 e. The second kappa shape index (κ2) is 9.21. The number of esters is 1. The van der Waals surface area contributed by atoms with Crippen molar-refractivity contribution in [2.24, 2.45) is 4.99 Å². The number of carbonyl (C=O) groups excluding carboxylic acids is 1. The summed E-state index contributed by atoms with van der Waals surface area (Å²) in [4.78, 5) is 17.3. The van der Waals surface area contributed by atoms with E-state index >= 15 is 4.57 Å². The summed E-state index contributed by atoms with van der Waals surface area (Å²) in [6.45, 7) is 8.40. The molecule has 0 amide bonds. The van der Waals surface area contributed by atoms with Gasteiger partial charge in [-0.05, 0) is 58.2 Å². The van der Waals surface area contributed by atoms with Gasteiger partial charge >= 0.3 is 13.6 Å². The standard InChI is InChI=1S/C24H34N5O3P/c1-16(2)28-20-8-6-7-9-21(20)29(17(3)4)33(28,31)27-15-26-22(24(30)32-5)23(27)19-12-10-18(14-25)11-13-19/h10-13,15-17,20-23H,6-9H2,1-5H3/t20-,21-,22-,23+/m1/s1. The molecule has 2 fully saturated rings. The topological polar surface area (TPSA) is 89.2 Å². The minimum atomic E-state index is -3.31. The molecule has 2 heterocycles. The second-order valence-corrected chi connectivity index (χ2v) is 12.1. The van der Waals surface area contributed by atoms with Crippen LogP contribution in [-0.2, 0) is 14.1 Å². The molecule has 1 aromatic rings. The van der Waals surface area contributed by atoms with Crippen LogP contribution in [0.4, 0.5) is 0 Å². The normalized spacial score (nSPS) is 29.5. The maximum absolute atomic E-state index is 15.4. The molecule has 178 valence electrons. The molecular formula is C24H34N5O3P. The number of benzene rings is 1. The van der Waals surface area contributed by atoms with Crippen molar-refractivity contribution in [3.05, 3.63) is 35.4 Å². The molecule has 0 N–H and O–H groups in total. The van der Waals surface area contributed by atoms with E-state index in [4.69, 9.17) is 4.74 Å². The van der Waals surface area contributed by atoms with Crippen LogP contribution in [-0.4, -0.2) is 63.6 Å². The highest BCUT2D eigenvalue weighted by Crippen LogP contribution is 2.69. The number of ether oxygens (including phenoxy) is 1. The molecule has 0 radical (unpaired) electrons. The quantitative estimate of drug-likeness (QED) is 0.466. The van der Waals surface area contributed by atoms with Gasteiger partial charge in [-0.15, -0.1) is 0 Å². The van der Waals surface area contributed by atoms with Crippen molar-refractivity contribution in [3.63, 3.8) is 0 Å². The first kappa shape index (κ1) is 23.9. The van der Waals surface area contributed by atoms with Gasteiger partial charge in [0.15, 0.2) is 6.04 Å². The van der Waals surface area contributed by atoms with Crippen molar-refractivity contribution in [3.8, 4) is 6.07 Å². The molecule has 3 aliphatic rings. The molecule has 0 spiro atoms. The highest BCUT2D eigenvalue weighted by Gasteiger charge is 2.62. The van der Waals surface area contributed by atoms with Gasteiger partial charge in [0.2, 0.25) is 0 Å². The maximum Gasteiger partial charge on any atom is 0.333 e. The highest BCUT2D eigenvalue weighted by atomic mass is 31.2. The average molecular weight is 472 g/mol. The van der Waals surface area contributed by atoms with Gasteiger partial charge in [0.25, 0.3) is 0 Å². The third kappa shape index (κ3) is 3.80. The molecule has 4 rings (SSSR count). The zero-order chi connectivity index (χ0) is 23.9. The Balaban J connectivity index is 1.86. The van der Waals surface area contributed by atoms with Gasteiger partial charge in [-0.2, -0.15) is 5.26 Å². The van der Waals surface area contributed by atoms with Gasteiger partial charge in [-0.3, -0.25) is 14.2 Å². The fourth-order valence-corrected chi connectivity index (χ4v) is 9.90. The predicted molar refractivity (Wildman–Crippen MR) is 128 cm³/mol. The summed E-state index contributed by atoms with van der Waals surface area (Å²) in [5.41, 5.74) is 1.32. The first-order valence-electron chi connectivity index (χ1n) is 11.8. The lowest BCUT2D eigenvalue weighted by Gasteiger charge is -2.43. The first-order chi connectivity index (χ1) is 15.7. The van der Waals surface area contributed by atoms with Gasteiger partial charge in [0.1, 0.15) is 0 Å². The van der Waals surface area contributed by atoms with Crippen LogP contribution in [0.3, 0.4) is 0 Å². The van der Waals surface area contributed by atoms with Crippen LogP contribution in [0.25, 0.3) is 0 Å². The molecule has 1 aromatic carbocycles. The van der Waals surface area contributed by atoms with E-state index in [1.54, 1.807) is 18.5 Å². The number of methoxy groups -OCH3 is 1. The van der Waals surface area contributed by atoms with Crippen LogP contribution in [0.2, 0.25) is 0 Å². The van der Waals surface area contributed by atoms with Crippen molar-refractivity contribution in [2.45, 2.75) is 89.6 Å². The van der Waals surface area contributed by atoms with Crippen LogP contribution in [0.5, 0.6) is 0 Å². The van der Waals surface area contributed by atoms with E-state index in [-0.39, 0.29) is 24.2 Å². The van der Waals surface area contributed by atoms with E-state index in [1.807, 2.05) is 16.8 Å². The zero-order valence-corrected chi connectivity index (χ0v) is 21.0. The minimum absolute atomic E-state index is 0.0670. The average Bonchev–Trinajstić information content (AvgIpc) is 3.36. The van der Waals surface area contributed by atoms with Crippen molar-refractivity contribution in [2.75, 3.05) is 7.11 Å². The molecule has 4 atom stereocenters. The van der Waals surface area contributed by atoms with E-state index in [2.05, 4.69) is 48.1 Å². The van der Waals surface area contributed by atoms with Gasteiger partial charge in [-0.1, -0.05) is 25.0 Å². The lowest BCUT2D eigenvalue weighted by Crippen LogP contribution is -2.43. The Morgan fingerprint density at radius 2 is 1.64 bits per heavy atom. The SMILES string of the molecule is COC(=O)[C@@H]1N=CN(P2(=O)N(C(C)C)[C@@H]3CCCC[C@H]3N2C(C)C)[C@H]1c1ccc(C#N)cc1. The van der Waals surface area contributed by atoms with Crippen LogP contribution in [0.1, 0.15) is 70.5 Å². The number of hydrogen-bond donors (Lipinski definition) is 0. The van der Waals surface area contributed by atoms with Crippen LogP contribution < -0.4 is 0 Å². The lowest BCUT2D eigenvalue weighted by atomic mass is 9.89. The van der Waals surface area contributed by atoms with Crippen molar-refractivity contribution in [1.82, 2.24) is 14.0 Å². The summed E-state index contributed by atoms with van der Waals surface area (Å²) < 4.78 is 26.7. The van der Waals surface area contributed by atoms with Gasteiger partial charge in [0.05, 0.1) is 31.1 Å². The largest absolute Gasteiger partial charge is 0.467 e. The third-order valence-electron chi connectivity index (χ3n) is 7.09. The number of hydrogen-bond acceptors (Lipinski definition) is 5. The third-order valence-corrected chi connectivity index (χ3v) is 10.8. The monoisotopic (exact) mass is 471 g/mol. The summed E-state index contributed by atoms with van der Waals surface area (Å²) in [5, 5.41) is 9.23. The zero-order valence-electron chi connectivity index (χ0n) is 20.1. The number of fused-ring (bicyclic) bond motifs is 1. The van der Waals surface area contributed by atoms with E-state index in [0.717, 1.165) is 31.2 Å². The molecule has 8 nitrogen and oxygen atoms in total. The summed E-state index contributed by atoms with van der Waals surface area (Å²) in [6.07, 6.45) is 5.90. The fraction of sp³-hybridized carbons (Fsp3) is 0.625. The number of rotatable bonds is 5. The fourth-order valence-electron chi connectivity index (χ4n) is 5.89. The highest BCUT2D eigenvalue weighted by molar-refractivity contribution is 7.57. The number of carbonyl (C=O) groups is 1. The number of aliphatic imine (C=N–C) groups is 1. The molecule has 33 heavy (non-hydrogen) atoms. The molecule has 9 heteroatoms. The Morgan fingerprint density at radius 3 is 2.09 bits per heavy atom. The Labute approximate surface area is 196 Å². The summed E-state index contributed by atoms with van der Waals surface area (Å²) in [7, 11) is -1.95. The molecule has 0 aromatic heterocycles. The van der Waals surface area contributed by atoms with Crippen molar-refractivity contribution in [1.29, 1.82) is 5.26 Å². The van der Waals surface area contributed by atoms with Gasteiger partial charge in [0, 0.05) is 24.2 Å². The first-order valence-corrected chi connectivity index (χ1v) is 13.4. The van der Waals surface area contributed by atoms with Gasteiger partial charge in [-0.25, -0.2) is 14.1 Å². The lowest BCUT2D eigenvalue weighted by molar-refractivity contribution is -0.142. The van der Waals surface area contributed by atoms with Crippen molar-refractivity contribution >= 4 is 19.9 Å². The Bertz CT molecular complexity index is 974. The molecule has 0 bridgehead atoms. The summed E-state index contributed by atoms with van der Waals surface area (Å²) in [6, 6.07) is 8.40. The number of nitriles is 1. The molecule has 0 unspecified atom stereocenters. The Morgan fingerprint density at radius 1 is 1.09 bits per heavy atom. The summed E-state index contributed by atoms with van der Waals surface area (Å²) in [5.74, 6) is -0.460. The summed E-state index contributed by atoms with van der Waals surface area (Å²) >= 11 is 0. The van der Waals surface area contributed by atoms with Gasteiger partial charge < -0.3 is 4.74 Å². The molecule has 2 aliphatic heterocycles. The number of nitrogens with zero attached hydrogens (tertiary/aromatic N) is 5. The van der Waals surface area contributed by atoms with Crippen LogP contribution >= 0.6 is 7.59 Å². The molecule has 1 saturated carbocycles. The van der Waals surface area contributed by atoms with Crippen LogP contribution in [0, 0.1) is 11.3 Å². The second-order valence-electron chi connectivity index (χ2n) is 9.67. The van der Waals surface area contributed by atoms with E-state index in [0.29, 0.717) is 5.56 Å².